The van der Waals surface area contributed by atoms with Crippen LogP contribution in [-0.2, 0) is 0 Å². The van der Waals surface area contributed by atoms with Gasteiger partial charge in [-0.3, -0.25) is 0 Å². The number of nitrogens with zero attached hydrogens (tertiary/aromatic N) is 2. The normalized spacial score (nSPS) is 10.7. The molecule has 0 amide bonds. The minimum atomic E-state index is -1.55. The third kappa shape index (κ3) is 1.72. The molecular formula is C14H6F3N3. The van der Waals surface area contributed by atoms with Gasteiger partial charge in [0.05, 0.1) is 16.6 Å². The third-order valence-electron chi connectivity index (χ3n) is 2.92. The summed E-state index contributed by atoms with van der Waals surface area (Å²) >= 11 is 0. The zero-order valence-electron chi connectivity index (χ0n) is 9.92. The largest absolute Gasteiger partial charge is 0.338 e. The number of para-hydroxylation sites is 1. The molecule has 0 aliphatic carbocycles. The van der Waals surface area contributed by atoms with Gasteiger partial charge < -0.3 is 4.98 Å². The van der Waals surface area contributed by atoms with Crippen LogP contribution in [0.4, 0.5) is 13.2 Å². The number of hydrogen-bond acceptors (Lipinski definition) is 2. The van der Waals surface area contributed by atoms with E-state index in [1.807, 2.05) is 6.07 Å². The van der Waals surface area contributed by atoms with Crippen molar-refractivity contribution in [3.8, 4) is 17.5 Å². The summed E-state index contributed by atoms with van der Waals surface area (Å²) in [6.45, 7) is 0. The second-order valence-corrected chi connectivity index (χ2v) is 4.12. The Morgan fingerprint density at radius 2 is 1.85 bits per heavy atom. The van der Waals surface area contributed by atoms with Crippen LogP contribution in [0, 0.1) is 28.8 Å². The fourth-order valence-electron chi connectivity index (χ4n) is 1.96. The summed E-state index contributed by atoms with van der Waals surface area (Å²) in [6.07, 6.45) is 0. The van der Waals surface area contributed by atoms with Crippen LogP contribution in [0.1, 0.15) is 5.56 Å². The molecule has 1 N–H and O–H groups in total. The number of imidazole rings is 1. The zero-order valence-corrected chi connectivity index (χ0v) is 9.92. The van der Waals surface area contributed by atoms with Crippen molar-refractivity contribution in [2.75, 3.05) is 0 Å². The highest BCUT2D eigenvalue weighted by Crippen LogP contribution is 2.26. The van der Waals surface area contributed by atoms with Gasteiger partial charge in [-0.2, -0.15) is 5.26 Å². The molecule has 0 saturated heterocycles. The molecule has 3 aromatic rings. The van der Waals surface area contributed by atoms with Crippen molar-refractivity contribution < 1.29 is 13.2 Å². The van der Waals surface area contributed by atoms with Gasteiger partial charge in [-0.25, -0.2) is 18.2 Å². The Kier molecular flexibility index (Phi) is 2.68. The topological polar surface area (TPSA) is 52.5 Å². The molecule has 0 spiro atoms. The van der Waals surface area contributed by atoms with E-state index in [4.69, 9.17) is 5.26 Å². The fourth-order valence-corrected chi connectivity index (χ4v) is 1.96. The summed E-state index contributed by atoms with van der Waals surface area (Å²) in [5.41, 5.74) is 0.995. The molecule has 0 atom stereocenters. The van der Waals surface area contributed by atoms with Crippen LogP contribution in [-0.4, -0.2) is 9.97 Å². The number of hydrogen-bond donors (Lipinski definition) is 1. The van der Waals surface area contributed by atoms with Crippen LogP contribution < -0.4 is 0 Å². The fraction of sp³-hybridized carbons (Fsp3) is 0. The van der Waals surface area contributed by atoms with Gasteiger partial charge in [-0.05, 0) is 24.3 Å². The molecule has 0 radical (unpaired) electrons. The lowest BCUT2D eigenvalue weighted by molar-refractivity contribution is 0.448. The average Bonchev–Trinajstić information content (AvgIpc) is 2.88. The quantitative estimate of drug-likeness (QED) is 0.690. The standard InChI is InChI=1S/C14H6F3N3/c15-9-5-4-8(11(16)12(9)17)14-19-10-3-1-2-7(6-18)13(10)20-14/h1-5H,(H,19,20). The first kappa shape index (κ1) is 12.2. The van der Waals surface area contributed by atoms with E-state index in [0.29, 0.717) is 16.6 Å². The lowest BCUT2D eigenvalue weighted by Gasteiger charge is -2.00. The summed E-state index contributed by atoms with van der Waals surface area (Å²) in [5.74, 6) is -4.09. The number of halogens is 3. The first-order valence-corrected chi connectivity index (χ1v) is 5.64. The number of nitriles is 1. The van der Waals surface area contributed by atoms with E-state index in [-0.39, 0.29) is 11.4 Å². The molecule has 3 rings (SSSR count). The predicted molar refractivity (Wildman–Crippen MR) is 66.1 cm³/mol. The lowest BCUT2D eigenvalue weighted by atomic mass is 10.2. The van der Waals surface area contributed by atoms with E-state index < -0.39 is 17.5 Å². The number of H-pyrrole nitrogens is 1. The summed E-state index contributed by atoms with van der Waals surface area (Å²) in [6, 6.07) is 8.74. The minimum absolute atomic E-state index is 0.0408. The Balaban J connectivity index is 2.26. The predicted octanol–water partition coefficient (Wildman–Crippen LogP) is 3.52. The maximum atomic E-state index is 13.7. The molecule has 1 aromatic heterocycles. The zero-order chi connectivity index (χ0) is 14.3. The Hall–Kier alpha value is -2.81. The van der Waals surface area contributed by atoms with Crippen molar-refractivity contribution in [3.63, 3.8) is 0 Å². The van der Waals surface area contributed by atoms with E-state index in [1.54, 1.807) is 18.2 Å². The molecule has 0 aliphatic rings. The van der Waals surface area contributed by atoms with Crippen molar-refractivity contribution in [2.45, 2.75) is 0 Å². The highest BCUT2D eigenvalue weighted by atomic mass is 19.2. The number of fused-ring (bicyclic) bond motifs is 1. The number of nitrogens with one attached hydrogen (secondary N) is 1. The van der Waals surface area contributed by atoms with Crippen molar-refractivity contribution in [1.29, 1.82) is 5.26 Å². The highest BCUT2D eigenvalue weighted by Gasteiger charge is 2.17. The van der Waals surface area contributed by atoms with Crippen molar-refractivity contribution in [1.82, 2.24) is 9.97 Å². The first-order chi connectivity index (χ1) is 9.61. The van der Waals surface area contributed by atoms with Crippen molar-refractivity contribution >= 4 is 11.0 Å². The molecule has 6 heteroatoms. The van der Waals surface area contributed by atoms with Gasteiger partial charge >= 0.3 is 0 Å². The van der Waals surface area contributed by atoms with E-state index >= 15 is 0 Å². The van der Waals surface area contributed by atoms with Gasteiger partial charge in [0, 0.05) is 0 Å². The third-order valence-corrected chi connectivity index (χ3v) is 2.92. The molecule has 0 bridgehead atoms. The van der Waals surface area contributed by atoms with Crippen molar-refractivity contribution in [2.24, 2.45) is 0 Å². The monoisotopic (exact) mass is 273 g/mol. The maximum Gasteiger partial charge on any atom is 0.195 e. The van der Waals surface area contributed by atoms with Crippen molar-refractivity contribution in [3.05, 3.63) is 53.3 Å². The molecule has 3 nitrogen and oxygen atoms in total. The molecule has 0 saturated carbocycles. The molecule has 0 fully saturated rings. The Morgan fingerprint density at radius 3 is 2.60 bits per heavy atom. The number of rotatable bonds is 1. The molecule has 2 aromatic carbocycles. The Labute approximate surface area is 111 Å². The number of aromatic nitrogens is 2. The van der Waals surface area contributed by atoms with E-state index in [2.05, 4.69) is 9.97 Å². The van der Waals surface area contributed by atoms with Gasteiger partial charge in [0.15, 0.2) is 17.5 Å². The molecular weight excluding hydrogens is 267 g/mol. The van der Waals surface area contributed by atoms with Gasteiger partial charge in [-0.1, -0.05) is 6.07 Å². The van der Waals surface area contributed by atoms with Crippen LogP contribution in [0.2, 0.25) is 0 Å². The average molecular weight is 273 g/mol. The van der Waals surface area contributed by atoms with E-state index in [9.17, 15) is 13.2 Å². The second kappa shape index (κ2) is 4.38. The summed E-state index contributed by atoms with van der Waals surface area (Å²) < 4.78 is 39.9. The maximum absolute atomic E-state index is 13.7. The lowest BCUT2D eigenvalue weighted by Crippen LogP contribution is -1.94. The Bertz CT molecular complexity index is 862. The SMILES string of the molecule is N#Cc1cccc2[nH]c(-c3ccc(F)c(F)c3F)nc12. The van der Waals surface area contributed by atoms with Gasteiger partial charge in [-0.15, -0.1) is 0 Å². The van der Waals surface area contributed by atoms with Crippen LogP contribution >= 0.6 is 0 Å². The van der Waals surface area contributed by atoms with Crippen LogP contribution in [0.5, 0.6) is 0 Å². The van der Waals surface area contributed by atoms with E-state index in [1.165, 1.54) is 0 Å². The van der Waals surface area contributed by atoms with Crippen LogP contribution in [0.3, 0.4) is 0 Å². The van der Waals surface area contributed by atoms with Gasteiger partial charge in [0.1, 0.15) is 17.4 Å². The molecule has 20 heavy (non-hydrogen) atoms. The number of benzene rings is 2. The Morgan fingerprint density at radius 1 is 1.05 bits per heavy atom. The smallest absolute Gasteiger partial charge is 0.195 e. The van der Waals surface area contributed by atoms with Gasteiger partial charge in [0.2, 0.25) is 0 Å². The molecule has 0 unspecified atom stereocenters. The molecule has 0 aliphatic heterocycles. The summed E-state index contributed by atoms with van der Waals surface area (Å²) in [5, 5.41) is 8.96. The summed E-state index contributed by atoms with van der Waals surface area (Å²) in [7, 11) is 0. The molecule has 1 heterocycles. The minimum Gasteiger partial charge on any atom is -0.338 e. The van der Waals surface area contributed by atoms with Crippen LogP contribution in [0.25, 0.3) is 22.4 Å². The summed E-state index contributed by atoms with van der Waals surface area (Å²) in [4.78, 5) is 6.86. The second-order valence-electron chi connectivity index (χ2n) is 4.12. The van der Waals surface area contributed by atoms with Crippen LogP contribution in [0.15, 0.2) is 30.3 Å². The van der Waals surface area contributed by atoms with E-state index in [0.717, 1.165) is 12.1 Å². The van der Waals surface area contributed by atoms with Gasteiger partial charge in [0.25, 0.3) is 0 Å². The first-order valence-electron chi connectivity index (χ1n) is 5.64. The molecule has 98 valence electrons. The number of aromatic amines is 1. The highest BCUT2D eigenvalue weighted by molar-refractivity contribution is 5.84.